The Balaban J connectivity index is 2.63. The fourth-order valence-electron chi connectivity index (χ4n) is 1.79. The molecule has 0 amide bonds. The molecule has 0 N–H and O–H groups in total. The van der Waals surface area contributed by atoms with Gasteiger partial charge in [0.25, 0.3) is 0 Å². The molecule has 0 aliphatic heterocycles. The fourth-order valence-corrected chi connectivity index (χ4v) is 1.79. The number of benzene rings is 1. The Labute approximate surface area is 75.9 Å². The topological polar surface area (TPSA) is 0 Å². The summed E-state index contributed by atoms with van der Waals surface area (Å²) in [7, 11) is 0. The zero-order valence-corrected chi connectivity index (χ0v) is 7.24. The van der Waals surface area contributed by atoms with E-state index in [0.717, 1.165) is 24.5 Å². The van der Waals surface area contributed by atoms with Gasteiger partial charge in [0.05, 0.1) is 0 Å². The van der Waals surface area contributed by atoms with Gasteiger partial charge in [-0.25, -0.2) is 8.78 Å². The van der Waals surface area contributed by atoms with E-state index in [1.807, 2.05) is 0 Å². The van der Waals surface area contributed by atoms with Crippen molar-refractivity contribution in [1.29, 1.82) is 0 Å². The maximum absolute atomic E-state index is 13.2. The second kappa shape index (κ2) is 2.95. The average Bonchev–Trinajstić information content (AvgIpc) is 2.07. The van der Waals surface area contributed by atoms with Gasteiger partial charge in [0, 0.05) is 6.07 Å². The monoisotopic (exact) mass is 180 g/mol. The molecule has 68 valence electrons. The van der Waals surface area contributed by atoms with Crippen molar-refractivity contribution < 1.29 is 8.78 Å². The number of hydrogen-bond acceptors (Lipinski definition) is 0. The average molecular weight is 180 g/mol. The second-order valence-corrected chi connectivity index (χ2v) is 3.37. The molecule has 0 heterocycles. The van der Waals surface area contributed by atoms with Gasteiger partial charge in [0.1, 0.15) is 11.6 Å². The molecule has 0 atom stereocenters. The largest absolute Gasteiger partial charge is 0.207 e. The van der Waals surface area contributed by atoms with Crippen molar-refractivity contribution in [3.63, 3.8) is 0 Å². The molecule has 13 heavy (non-hydrogen) atoms. The Morgan fingerprint density at radius 2 is 1.92 bits per heavy atom. The van der Waals surface area contributed by atoms with Crippen molar-refractivity contribution in [1.82, 2.24) is 0 Å². The minimum absolute atomic E-state index is 0.434. The summed E-state index contributed by atoms with van der Waals surface area (Å²) in [6.45, 7) is 3.80. The van der Waals surface area contributed by atoms with Crippen LogP contribution >= 0.6 is 0 Å². The minimum atomic E-state index is -0.515. The summed E-state index contributed by atoms with van der Waals surface area (Å²) in [4.78, 5) is 0. The third kappa shape index (κ3) is 1.37. The van der Waals surface area contributed by atoms with Crippen LogP contribution in [-0.4, -0.2) is 0 Å². The highest BCUT2D eigenvalue weighted by atomic mass is 19.1. The van der Waals surface area contributed by atoms with Crippen LogP contribution in [0, 0.1) is 11.6 Å². The molecule has 1 aliphatic rings. The maximum Gasteiger partial charge on any atom is 0.129 e. The number of halogens is 2. The van der Waals surface area contributed by atoms with Gasteiger partial charge in [0.15, 0.2) is 0 Å². The van der Waals surface area contributed by atoms with E-state index in [1.54, 1.807) is 0 Å². The van der Waals surface area contributed by atoms with Crippen molar-refractivity contribution in [3.05, 3.63) is 41.5 Å². The molecule has 1 aromatic rings. The zero-order valence-electron chi connectivity index (χ0n) is 7.24. The second-order valence-electron chi connectivity index (χ2n) is 3.37. The quantitative estimate of drug-likeness (QED) is 0.574. The number of allylic oxidation sites excluding steroid dienone is 1. The first-order valence-corrected chi connectivity index (χ1v) is 4.34. The van der Waals surface area contributed by atoms with Gasteiger partial charge in [-0.05, 0) is 42.0 Å². The van der Waals surface area contributed by atoms with E-state index in [2.05, 4.69) is 6.58 Å². The summed E-state index contributed by atoms with van der Waals surface area (Å²) < 4.78 is 26.1. The molecule has 2 rings (SSSR count). The van der Waals surface area contributed by atoms with Gasteiger partial charge in [-0.2, -0.15) is 0 Å². The molecule has 1 aliphatic carbocycles. The van der Waals surface area contributed by atoms with E-state index in [0.29, 0.717) is 17.5 Å². The Morgan fingerprint density at radius 3 is 2.69 bits per heavy atom. The molecule has 0 spiro atoms. The summed E-state index contributed by atoms with van der Waals surface area (Å²) in [5.74, 6) is -0.949. The van der Waals surface area contributed by atoms with Crippen molar-refractivity contribution in [2.45, 2.75) is 19.3 Å². The van der Waals surface area contributed by atoms with Crippen LogP contribution in [-0.2, 0) is 6.42 Å². The lowest BCUT2D eigenvalue weighted by Crippen LogP contribution is -2.04. The predicted octanol–water partition coefficient (Wildman–Crippen LogP) is 3.31. The van der Waals surface area contributed by atoms with Gasteiger partial charge >= 0.3 is 0 Å². The molecule has 2 heteroatoms. The molecule has 1 aromatic carbocycles. The van der Waals surface area contributed by atoms with Gasteiger partial charge in [-0.3, -0.25) is 0 Å². The highest BCUT2D eigenvalue weighted by molar-refractivity contribution is 5.68. The van der Waals surface area contributed by atoms with Crippen LogP contribution in [0.3, 0.4) is 0 Å². The molecular weight excluding hydrogens is 170 g/mol. The SMILES string of the molecule is C=C1CCCc2c(F)cc(F)cc21. The van der Waals surface area contributed by atoms with Crippen LogP contribution in [0.1, 0.15) is 24.0 Å². The standard InChI is InChI=1S/C11H10F2/c1-7-3-2-4-9-10(7)5-8(12)6-11(9)13/h5-6H,1-4H2. The van der Waals surface area contributed by atoms with Crippen LogP contribution in [0.15, 0.2) is 18.7 Å². The Hall–Kier alpha value is -1.18. The first kappa shape index (κ1) is 8.42. The molecule has 0 unspecified atom stereocenters. The van der Waals surface area contributed by atoms with Crippen LogP contribution in [0.2, 0.25) is 0 Å². The smallest absolute Gasteiger partial charge is 0.129 e. The first-order valence-electron chi connectivity index (χ1n) is 4.34. The van der Waals surface area contributed by atoms with Crippen LogP contribution in [0.25, 0.3) is 5.57 Å². The molecule has 0 fully saturated rings. The lowest BCUT2D eigenvalue weighted by Gasteiger charge is -2.18. The van der Waals surface area contributed by atoms with E-state index >= 15 is 0 Å². The summed E-state index contributed by atoms with van der Waals surface area (Å²) in [6, 6.07) is 2.32. The van der Waals surface area contributed by atoms with E-state index < -0.39 is 11.6 Å². The van der Waals surface area contributed by atoms with E-state index in [-0.39, 0.29) is 0 Å². The van der Waals surface area contributed by atoms with Crippen molar-refractivity contribution in [3.8, 4) is 0 Å². The summed E-state index contributed by atoms with van der Waals surface area (Å²) in [6.07, 6.45) is 2.45. The molecule has 0 bridgehead atoms. The molecule has 0 aromatic heterocycles. The highest BCUT2D eigenvalue weighted by Gasteiger charge is 2.17. The predicted molar refractivity (Wildman–Crippen MR) is 48.3 cm³/mol. The lowest BCUT2D eigenvalue weighted by atomic mass is 9.88. The minimum Gasteiger partial charge on any atom is -0.207 e. The molecule has 0 saturated heterocycles. The van der Waals surface area contributed by atoms with Crippen molar-refractivity contribution >= 4 is 5.57 Å². The number of fused-ring (bicyclic) bond motifs is 1. The molecule has 0 saturated carbocycles. The number of hydrogen-bond donors (Lipinski definition) is 0. The van der Waals surface area contributed by atoms with Gasteiger partial charge < -0.3 is 0 Å². The van der Waals surface area contributed by atoms with Gasteiger partial charge in [-0.1, -0.05) is 6.58 Å². The molecular formula is C11H10F2. The van der Waals surface area contributed by atoms with E-state index in [9.17, 15) is 8.78 Å². The Bertz CT molecular complexity index is 367. The molecule has 0 nitrogen and oxygen atoms in total. The summed E-state index contributed by atoms with van der Waals surface area (Å²) >= 11 is 0. The fraction of sp³-hybridized carbons (Fsp3) is 0.273. The van der Waals surface area contributed by atoms with Crippen molar-refractivity contribution in [2.24, 2.45) is 0 Å². The molecule has 0 radical (unpaired) electrons. The summed E-state index contributed by atoms with van der Waals surface area (Å²) in [5.41, 5.74) is 2.14. The van der Waals surface area contributed by atoms with Crippen LogP contribution < -0.4 is 0 Å². The zero-order chi connectivity index (χ0) is 9.42. The van der Waals surface area contributed by atoms with E-state index in [4.69, 9.17) is 0 Å². The Kier molecular flexibility index (Phi) is 1.91. The third-order valence-electron chi connectivity index (χ3n) is 2.45. The maximum atomic E-state index is 13.2. The Morgan fingerprint density at radius 1 is 1.15 bits per heavy atom. The number of rotatable bonds is 0. The van der Waals surface area contributed by atoms with Crippen molar-refractivity contribution in [2.75, 3.05) is 0 Å². The van der Waals surface area contributed by atoms with Gasteiger partial charge in [0.2, 0.25) is 0 Å². The summed E-state index contributed by atoms with van der Waals surface area (Å²) in [5, 5.41) is 0. The normalized spacial score (nSPS) is 15.7. The lowest BCUT2D eigenvalue weighted by molar-refractivity contribution is 0.565. The third-order valence-corrected chi connectivity index (χ3v) is 2.45. The van der Waals surface area contributed by atoms with Gasteiger partial charge in [-0.15, -0.1) is 0 Å². The van der Waals surface area contributed by atoms with Crippen LogP contribution in [0.5, 0.6) is 0 Å². The van der Waals surface area contributed by atoms with Crippen LogP contribution in [0.4, 0.5) is 8.78 Å². The highest BCUT2D eigenvalue weighted by Crippen LogP contribution is 2.31. The first-order chi connectivity index (χ1) is 6.18. The van der Waals surface area contributed by atoms with E-state index in [1.165, 1.54) is 6.07 Å².